The van der Waals surface area contributed by atoms with Gasteiger partial charge in [-0.2, -0.15) is 26.3 Å². The van der Waals surface area contributed by atoms with Gasteiger partial charge >= 0.3 is 18.4 Å². The maximum Gasteiger partial charge on any atom is 0.427 e. The minimum absolute atomic E-state index is 0.207. The van der Waals surface area contributed by atoms with E-state index in [0.717, 1.165) is 4.90 Å². The van der Waals surface area contributed by atoms with Crippen LogP contribution >= 0.6 is 0 Å². The molecular weight excluding hydrogens is 394 g/mol. The maximum atomic E-state index is 13.0. The number of ether oxygens (including phenoxy) is 1. The second kappa shape index (κ2) is 6.89. The molecule has 29 heavy (non-hydrogen) atoms. The Kier molecular flexibility index (Phi) is 6.24. The first-order chi connectivity index (χ1) is 12.3. The van der Waals surface area contributed by atoms with Crippen molar-refractivity contribution in [1.82, 2.24) is 9.80 Å². The van der Waals surface area contributed by atoms with Crippen molar-refractivity contribution in [2.75, 3.05) is 6.54 Å². The Balaban J connectivity index is 3.51. The Morgan fingerprint density at radius 1 is 0.862 bits per heavy atom. The SMILES string of the molecule is [B]C1([B])CN(C(C)(C)C)C([B])([B])C([B])([B])N1C(=O)OC([B])(C(F)(F)F)C(F)(F)F. The summed E-state index contributed by atoms with van der Waals surface area (Å²) in [7, 11) is 39.1. The summed E-state index contributed by atoms with van der Waals surface area (Å²) in [5.74, 6) is 0. The Bertz CT molecular complexity index is 649. The summed E-state index contributed by atoms with van der Waals surface area (Å²) in [5.41, 5.74) is -6.38. The molecule has 0 aromatic heterocycles. The molecule has 1 saturated heterocycles. The van der Waals surface area contributed by atoms with E-state index in [2.05, 4.69) is 12.6 Å². The van der Waals surface area contributed by atoms with Gasteiger partial charge in [0.15, 0.2) is 7.85 Å². The van der Waals surface area contributed by atoms with Crippen LogP contribution in [0.2, 0.25) is 0 Å². The molecule has 0 atom stereocenters. The third-order valence-corrected chi connectivity index (χ3v) is 4.37. The summed E-state index contributed by atoms with van der Waals surface area (Å²) in [6.07, 6.45) is -15.0. The zero-order valence-electron chi connectivity index (χ0n) is 15.7. The minimum Gasteiger partial charge on any atom is -0.434 e. The van der Waals surface area contributed by atoms with Crippen molar-refractivity contribution in [3.05, 3.63) is 0 Å². The second-order valence-corrected chi connectivity index (χ2v) is 7.83. The summed E-state index contributed by atoms with van der Waals surface area (Å²) in [6, 6.07) is 0. The van der Waals surface area contributed by atoms with Crippen LogP contribution in [-0.2, 0) is 4.74 Å². The van der Waals surface area contributed by atoms with Crippen LogP contribution in [0.5, 0.6) is 0 Å². The fraction of sp³-hybridized carbons (Fsp3) is 0.917. The molecule has 1 aliphatic rings. The van der Waals surface area contributed by atoms with Crippen LogP contribution in [-0.4, -0.2) is 117 Å². The summed E-state index contributed by atoms with van der Waals surface area (Å²) in [6.45, 7) is 4.00. The van der Waals surface area contributed by atoms with Gasteiger partial charge in [-0.05, 0) is 36.8 Å². The molecule has 0 saturated carbocycles. The molecular formula is C12H11B7F6N2O2. The van der Waals surface area contributed by atoms with Gasteiger partial charge < -0.3 is 14.5 Å². The minimum atomic E-state index is -6.27. The predicted octanol–water partition coefficient (Wildman–Crippen LogP) is -0.499. The summed E-state index contributed by atoms with van der Waals surface area (Å²) < 4.78 is 81.3. The van der Waals surface area contributed by atoms with Crippen molar-refractivity contribution < 1.29 is 35.9 Å². The van der Waals surface area contributed by atoms with Gasteiger partial charge in [0, 0.05) is 12.1 Å². The van der Waals surface area contributed by atoms with Gasteiger partial charge in [-0.25, -0.2) is 4.79 Å². The second-order valence-electron chi connectivity index (χ2n) is 7.83. The Labute approximate surface area is 174 Å². The van der Waals surface area contributed by atoms with E-state index < -0.39 is 52.0 Å². The number of halogens is 6. The molecule has 1 aliphatic heterocycles. The number of amides is 1. The molecule has 1 rings (SSSR count). The molecule has 1 fully saturated rings. The molecule has 1 amide bonds. The number of nitrogens with zero attached hydrogens (tertiary/aromatic N) is 2. The van der Waals surface area contributed by atoms with Crippen LogP contribution in [0.4, 0.5) is 31.1 Å². The van der Waals surface area contributed by atoms with Gasteiger partial charge in [0.05, 0.1) is 47.1 Å². The van der Waals surface area contributed by atoms with Gasteiger partial charge in [-0.3, -0.25) is 0 Å². The van der Waals surface area contributed by atoms with Crippen molar-refractivity contribution in [2.45, 2.75) is 60.2 Å². The first kappa shape index (κ1) is 26.3. The number of piperazine rings is 1. The highest BCUT2D eigenvalue weighted by Gasteiger charge is 2.71. The smallest absolute Gasteiger partial charge is 0.427 e. The van der Waals surface area contributed by atoms with E-state index in [1.165, 1.54) is 0 Å². The molecule has 0 spiro atoms. The zero-order chi connectivity index (χ0) is 23.6. The number of alkyl halides is 6. The normalized spacial score (nSPS) is 22.9. The highest BCUT2D eigenvalue weighted by Crippen LogP contribution is 2.45. The highest BCUT2D eigenvalue weighted by atomic mass is 19.4. The van der Waals surface area contributed by atoms with Gasteiger partial charge in [0.1, 0.15) is 0 Å². The lowest BCUT2D eigenvalue weighted by atomic mass is 9.33. The van der Waals surface area contributed by atoms with Crippen LogP contribution in [0.1, 0.15) is 20.8 Å². The Hall–Kier alpha value is -0.735. The van der Waals surface area contributed by atoms with Gasteiger partial charge in [-0.1, -0.05) is 0 Å². The lowest BCUT2D eigenvalue weighted by Gasteiger charge is -2.69. The summed E-state index contributed by atoms with van der Waals surface area (Å²) >= 11 is 0. The predicted molar refractivity (Wildman–Crippen MR) is 98.1 cm³/mol. The Morgan fingerprint density at radius 2 is 1.24 bits per heavy atom. The van der Waals surface area contributed by atoms with Crippen molar-refractivity contribution in [1.29, 1.82) is 0 Å². The van der Waals surface area contributed by atoms with E-state index in [0.29, 0.717) is 0 Å². The molecule has 0 unspecified atom stereocenters. The monoisotopic (exact) mass is 406 g/mol. The van der Waals surface area contributed by atoms with E-state index in [1.54, 1.807) is 20.8 Å². The van der Waals surface area contributed by atoms with Crippen molar-refractivity contribution >= 4 is 61.0 Å². The fourth-order valence-corrected chi connectivity index (χ4v) is 2.77. The highest BCUT2D eigenvalue weighted by molar-refractivity contribution is 6.56. The van der Waals surface area contributed by atoms with Crippen LogP contribution in [0.3, 0.4) is 0 Å². The largest absolute Gasteiger partial charge is 0.434 e. The van der Waals surface area contributed by atoms with Crippen LogP contribution < -0.4 is 0 Å². The quantitative estimate of drug-likeness (QED) is 0.436. The topological polar surface area (TPSA) is 32.8 Å². The van der Waals surface area contributed by atoms with Crippen LogP contribution in [0.15, 0.2) is 0 Å². The van der Waals surface area contributed by atoms with Gasteiger partial charge in [-0.15, -0.1) is 0 Å². The van der Waals surface area contributed by atoms with Crippen molar-refractivity contribution in [3.8, 4) is 0 Å². The van der Waals surface area contributed by atoms with E-state index in [1.807, 2.05) is 0 Å². The third-order valence-electron chi connectivity index (χ3n) is 4.37. The lowest BCUT2D eigenvalue weighted by Crippen LogP contribution is -2.87. The first-order valence-corrected chi connectivity index (χ1v) is 7.80. The number of carbonyl (C=O) groups is 1. The Morgan fingerprint density at radius 3 is 1.55 bits per heavy atom. The van der Waals surface area contributed by atoms with E-state index in [-0.39, 0.29) is 4.90 Å². The van der Waals surface area contributed by atoms with E-state index in [4.69, 9.17) is 47.1 Å². The summed E-state index contributed by atoms with van der Waals surface area (Å²) in [5, 5.41) is -7.90. The average molecular weight is 405 g/mol. The maximum absolute atomic E-state index is 13.0. The molecule has 1 heterocycles. The molecule has 0 bridgehead atoms. The van der Waals surface area contributed by atoms with E-state index in [9.17, 15) is 31.1 Å². The van der Waals surface area contributed by atoms with E-state index >= 15 is 0 Å². The fourth-order valence-electron chi connectivity index (χ4n) is 2.77. The van der Waals surface area contributed by atoms with Gasteiger partial charge in [0.25, 0.3) is 5.50 Å². The van der Waals surface area contributed by atoms with Gasteiger partial charge in [0.2, 0.25) is 0 Å². The lowest BCUT2D eigenvalue weighted by molar-refractivity contribution is -0.331. The molecule has 0 aromatic carbocycles. The first-order valence-electron chi connectivity index (χ1n) is 7.80. The molecule has 0 aliphatic carbocycles. The summed E-state index contributed by atoms with van der Waals surface area (Å²) in [4.78, 5) is 13.3. The van der Waals surface area contributed by atoms with Crippen molar-refractivity contribution in [2.24, 2.45) is 0 Å². The average Bonchev–Trinajstić information content (AvgIpc) is 2.38. The van der Waals surface area contributed by atoms with Crippen molar-refractivity contribution in [3.63, 3.8) is 0 Å². The number of hydrogen-bond donors (Lipinski definition) is 0. The molecule has 4 nitrogen and oxygen atoms in total. The molecule has 144 valence electrons. The number of carbonyl (C=O) groups excluding carboxylic acids is 1. The third kappa shape index (κ3) is 4.21. The molecule has 17 heteroatoms. The van der Waals surface area contributed by atoms with Crippen LogP contribution in [0, 0.1) is 0 Å². The zero-order valence-corrected chi connectivity index (χ0v) is 15.7. The number of hydrogen-bond acceptors (Lipinski definition) is 3. The molecule has 14 radical (unpaired) electrons. The standard InChI is InChI=1S/C12H11B7F6N2O2/c1-6(2,3)26-4-7(13,14)27(10(18,19)9(26,16)17)5(28)29-8(15,11(20,21)22)12(23,24)25/h4H2,1-3H3. The number of rotatable bonds is 1. The van der Waals surface area contributed by atoms with Crippen LogP contribution in [0.25, 0.3) is 0 Å². The molecule has 0 N–H and O–H groups in total. The molecule has 0 aromatic rings.